The summed E-state index contributed by atoms with van der Waals surface area (Å²) in [7, 11) is 1.37. The van der Waals surface area contributed by atoms with Crippen LogP contribution in [-0.4, -0.2) is 63.7 Å². The minimum Gasteiger partial charge on any atom is -0.494 e. The lowest BCUT2D eigenvalue weighted by atomic mass is 10.2. The Morgan fingerprint density at radius 2 is 1.94 bits per heavy atom. The van der Waals surface area contributed by atoms with Crippen molar-refractivity contribution in [2.45, 2.75) is 17.4 Å². The van der Waals surface area contributed by atoms with E-state index < -0.39 is 10.0 Å². The molecule has 35 heavy (non-hydrogen) atoms. The van der Waals surface area contributed by atoms with Crippen molar-refractivity contribution < 1.29 is 17.9 Å². The molecule has 0 unspecified atom stereocenters. The Hall–Kier alpha value is -2.93. The second kappa shape index (κ2) is 10.8. The Morgan fingerprint density at radius 1 is 1.14 bits per heavy atom. The molecule has 186 valence electrons. The Bertz CT molecular complexity index is 1310. The van der Waals surface area contributed by atoms with Gasteiger partial charge in [-0.1, -0.05) is 12.1 Å². The third-order valence-corrected chi connectivity index (χ3v) is 7.57. The van der Waals surface area contributed by atoms with Crippen LogP contribution in [0.1, 0.15) is 6.42 Å². The fraction of sp³-hybridized carbons (Fsp3) is 0.304. The molecule has 1 fully saturated rings. The molecule has 0 amide bonds. The number of anilines is 4. The van der Waals surface area contributed by atoms with Gasteiger partial charge in [-0.15, -0.1) is 0 Å². The van der Waals surface area contributed by atoms with Crippen LogP contribution in [0.25, 0.3) is 0 Å². The Labute approximate surface area is 213 Å². The summed E-state index contributed by atoms with van der Waals surface area (Å²) in [5.41, 5.74) is 1.04. The molecular weight excluding hydrogens is 536 g/mol. The summed E-state index contributed by atoms with van der Waals surface area (Å²) in [5.74, 6) is 2.01. The summed E-state index contributed by atoms with van der Waals surface area (Å²) in [4.78, 5) is 11.2. The molecule has 2 aromatic carbocycles. The number of likely N-dealkylation sites (N-methyl/N-ethyl adjacent to an activating group) is 1. The van der Waals surface area contributed by atoms with Gasteiger partial charge in [0.05, 0.1) is 23.0 Å². The van der Waals surface area contributed by atoms with Crippen molar-refractivity contribution >= 4 is 49.1 Å². The van der Waals surface area contributed by atoms with Gasteiger partial charge in [0.15, 0.2) is 0 Å². The van der Waals surface area contributed by atoms with Crippen LogP contribution < -0.4 is 24.8 Å². The summed E-state index contributed by atoms with van der Waals surface area (Å²) < 4.78 is 39.3. The minimum atomic E-state index is -3.66. The van der Waals surface area contributed by atoms with Crippen LogP contribution in [-0.2, 0) is 10.0 Å². The average molecular weight is 563 g/mol. The zero-order chi connectivity index (χ0) is 25.0. The van der Waals surface area contributed by atoms with Crippen molar-refractivity contribution in [1.82, 2.24) is 19.6 Å². The molecule has 2 heterocycles. The van der Waals surface area contributed by atoms with Crippen LogP contribution >= 0.6 is 15.9 Å². The van der Waals surface area contributed by atoms with Crippen molar-refractivity contribution in [3.8, 4) is 11.5 Å². The number of rotatable bonds is 9. The van der Waals surface area contributed by atoms with Crippen molar-refractivity contribution in [3.05, 3.63) is 53.1 Å². The van der Waals surface area contributed by atoms with Gasteiger partial charge in [-0.25, -0.2) is 18.1 Å². The lowest BCUT2D eigenvalue weighted by Gasteiger charge is -2.17. The average Bonchev–Trinajstić information content (AvgIpc) is 3.26. The number of sulfonamides is 1. The van der Waals surface area contributed by atoms with Gasteiger partial charge in [0.2, 0.25) is 16.0 Å². The van der Waals surface area contributed by atoms with Crippen molar-refractivity contribution in [3.63, 3.8) is 0 Å². The number of aromatic nitrogens is 2. The Kier molecular flexibility index (Phi) is 7.75. The van der Waals surface area contributed by atoms with Gasteiger partial charge < -0.3 is 25.0 Å². The number of ether oxygens (including phenoxy) is 2. The van der Waals surface area contributed by atoms with Crippen LogP contribution in [0.2, 0.25) is 0 Å². The molecule has 3 aromatic rings. The molecule has 0 saturated carbocycles. The van der Waals surface area contributed by atoms with Crippen molar-refractivity contribution in [1.29, 1.82) is 0 Å². The molecule has 1 aliphatic rings. The van der Waals surface area contributed by atoms with Gasteiger partial charge in [-0.2, -0.15) is 4.98 Å². The first-order valence-corrected chi connectivity index (χ1v) is 13.2. The quantitative estimate of drug-likeness (QED) is 0.358. The monoisotopic (exact) mass is 562 g/mol. The number of hydrogen-bond acceptors (Lipinski definition) is 9. The predicted molar refractivity (Wildman–Crippen MR) is 139 cm³/mol. The highest BCUT2D eigenvalue weighted by atomic mass is 79.9. The molecule has 0 radical (unpaired) electrons. The SMILES string of the molecule is CNS(=O)(=O)c1ccccc1Nc1nc(Nc2ccc(O[C@@H]3CCN(C)C3)cc2OC)ncc1Br. The number of benzene rings is 2. The maximum Gasteiger partial charge on any atom is 0.242 e. The molecule has 1 aromatic heterocycles. The van der Waals surface area contributed by atoms with E-state index in [0.717, 1.165) is 25.3 Å². The number of hydrogen-bond donors (Lipinski definition) is 3. The number of para-hydroxylation sites is 1. The molecular formula is C23H27BrN6O4S. The summed E-state index contributed by atoms with van der Waals surface area (Å²) >= 11 is 3.42. The Balaban J connectivity index is 1.55. The molecule has 0 aliphatic carbocycles. The van der Waals surface area contributed by atoms with Gasteiger partial charge >= 0.3 is 0 Å². The fourth-order valence-electron chi connectivity index (χ4n) is 3.71. The van der Waals surface area contributed by atoms with E-state index in [1.807, 2.05) is 18.2 Å². The zero-order valence-corrected chi connectivity index (χ0v) is 22.0. The van der Waals surface area contributed by atoms with E-state index in [1.54, 1.807) is 31.5 Å². The number of halogens is 1. The van der Waals surface area contributed by atoms with Crippen molar-refractivity contribution in [2.75, 3.05) is 44.9 Å². The first-order chi connectivity index (χ1) is 16.8. The lowest BCUT2D eigenvalue weighted by molar-refractivity contribution is 0.207. The lowest BCUT2D eigenvalue weighted by Crippen LogP contribution is -2.21. The summed E-state index contributed by atoms with van der Waals surface area (Å²) in [6, 6.07) is 12.1. The van der Waals surface area contributed by atoms with Crippen molar-refractivity contribution in [2.24, 2.45) is 0 Å². The van der Waals surface area contributed by atoms with E-state index in [1.165, 1.54) is 13.1 Å². The van der Waals surface area contributed by atoms with Gasteiger partial charge in [-0.3, -0.25) is 0 Å². The summed E-state index contributed by atoms with van der Waals surface area (Å²) in [5, 5.41) is 6.24. The van der Waals surface area contributed by atoms with E-state index in [0.29, 0.717) is 33.4 Å². The highest BCUT2D eigenvalue weighted by Gasteiger charge is 2.22. The van der Waals surface area contributed by atoms with E-state index in [4.69, 9.17) is 9.47 Å². The van der Waals surface area contributed by atoms with E-state index >= 15 is 0 Å². The van der Waals surface area contributed by atoms with Crippen LogP contribution in [0.5, 0.6) is 11.5 Å². The highest BCUT2D eigenvalue weighted by Crippen LogP contribution is 2.33. The summed E-state index contributed by atoms with van der Waals surface area (Å²) in [6.45, 7) is 1.91. The fourth-order valence-corrected chi connectivity index (χ4v) is 4.88. The van der Waals surface area contributed by atoms with E-state index in [2.05, 4.69) is 53.2 Å². The molecule has 4 rings (SSSR count). The van der Waals surface area contributed by atoms with E-state index in [-0.39, 0.29) is 11.0 Å². The van der Waals surface area contributed by atoms with Gasteiger partial charge in [0.1, 0.15) is 28.3 Å². The normalized spacial score (nSPS) is 16.2. The molecule has 0 spiro atoms. The summed E-state index contributed by atoms with van der Waals surface area (Å²) in [6.07, 6.45) is 2.72. The zero-order valence-electron chi connectivity index (χ0n) is 19.6. The molecule has 10 nitrogen and oxygen atoms in total. The number of nitrogens with zero attached hydrogens (tertiary/aromatic N) is 3. The molecule has 3 N–H and O–H groups in total. The maximum absolute atomic E-state index is 12.4. The van der Waals surface area contributed by atoms with Gasteiger partial charge in [0, 0.05) is 25.4 Å². The predicted octanol–water partition coefficient (Wildman–Crippen LogP) is 3.73. The van der Waals surface area contributed by atoms with Gasteiger partial charge in [0.25, 0.3) is 0 Å². The standard InChI is InChI=1S/C23H27BrN6O4S/c1-25-35(31,32)21-7-5-4-6-19(21)27-22-17(24)13-26-23(29-22)28-18-9-8-15(12-20(18)33-3)34-16-10-11-30(2)14-16/h4-9,12-13,16,25H,10-11,14H2,1-3H3,(H2,26,27,28,29)/t16-/m1/s1. The number of nitrogens with one attached hydrogen (secondary N) is 3. The number of methoxy groups -OCH3 is 1. The molecule has 1 aliphatic heterocycles. The van der Waals surface area contributed by atoms with Crippen LogP contribution in [0.15, 0.2) is 58.0 Å². The van der Waals surface area contributed by atoms with Crippen LogP contribution in [0.4, 0.5) is 23.1 Å². The highest BCUT2D eigenvalue weighted by molar-refractivity contribution is 9.10. The largest absolute Gasteiger partial charge is 0.494 e. The second-order valence-electron chi connectivity index (χ2n) is 8.00. The van der Waals surface area contributed by atoms with Gasteiger partial charge in [-0.05, 0) is 60.7 Å². The molecule has 0 bridgehead atoms. The first kappa shape index (κ1) is 25.2. The van der Waals surface area contributed by atoms with E-state index in [9.17, 15) is 8.42 Å². The van der Waals surface area contributed by atoms with Crippen LogP contribution in [0.3, 0.4) is 0 Å². The maximum atomic E-state index is 12.4. The third kappa shape index (κ3) is 6.01. The minimum absolute atomic E-state index is 0.105. The smallest absolute Gasteiger partial charge is 0.242 e. The molecule has 12 heteroatoms. The molecule has 1 saturated heterocycles. The topological polar surface area (TPSA) is 118 Å². The van der Waals surface area contributed by atoms with Crippen LogP contribution in [0, 0.1) is 0 Å². The number of likely N-dealkylation sites (tertiary alicyclic amines) is 1. The molecule has 1 atom stereocenters. The third-order valence-electron chi connectivity index (χ3n) is 5.51. The first-order valence-electron chi connectivity index (χ1n) is 10.9. The Morgan fingerprint density at radius 3 is 2.66 bits per heavy atom. The second-order valence-corrected chi connectivity index (χ2v) is 10.7.